The first-order valence-corrected chi connectivity index (χ1v) is 12.8. The predicted octanol–water partition coefficient (Wildman–Crippen LogP) is 4.53. The molecule has 0 amide bonds. The van der Waals surface area contributed by atoms with Gasteiger partial charge in [-0.3, -0.25) is 9.59 Å². The molecule has 38 heavy (non-hydrogen) atoms. The Morgan fingerprint density at radius 3 is 2.00 bits per heavy atom. The Morgan fingerprint density at radius 2 is 1.47 bits per heavy atom. The molecule has 1 aliphatic heterocycles. The van der Waals surface area contributed by atoms with E-state index in [0.717, 1.165) is 31.2 Å². The van der Waals surface area contributed by atoms with E-state index in [4.69, 9.17) is 19.0 Å². The van der Waals surface area contributed by atoms with E-state index < -0.39 is 17.9 Å². The minimum Gasteiger partial charge on any atom is -0.497 e. The van der Waals surface area contributed by atoms with Gasteiger partial charge in [-0.05, 0) is 60.9 Å². The van der Waals surface area contributed by atoms with E-state index >= 15 is 0 Å². The second-order valence-electron chi connectivity index (χ2n) is 8.70. The van der Waals surface area contributed by atoms with Gasteiger partial charge in [-0.2, -0.15) is 0 Å². The highest BCUT2D eigenvalue weighted by Crippen LogP contribution is 2.24. The van der Waals surface area contributed by atoms with Crippen LogP contribution < -0.4 is 9.64 Å². The maximum absolute atomic E-state index is 12.4. The number of nitrogens with zero attached hydrogens (tertiary/aromatic N) is 2. The summed E-state index contributed by atoms with van der Waals surface area (Å²) in [6.45, 7) is 4.53. The molecule has 2 aromatic rings. The lowest BCUT2D eigenvalue weighted by Gasteiger charge is -2.23. The smallest absolute Gasteiger partial charge is 0.368 e. The molecule has 0 saturated carbocycles. The van der Waals surface area contributed by atoms with Crippen LogP contribution in [0.25, 0.3) is 6.08 Å². The maximum atomic E-state index is 12.4. The van der Waals surface area contributed by atoms with E-state index in [9.17, 15) is 14.4 Å². The summed E-state index contributed by atoms with van der Waals surface area (Å²) in [7, 11) is 1.58. The van der Waals surface area contributed by atoms with Crippen molar-refractivity contribution in [3.05, 3.63) is 65.2 Å². The Labute approximate surface area is 223 Å². The summed E-state index contributed by atoms with van der Waals surface area (Å²) >= 11 is 0. The van der Waals surface area contributed by atoms with Crippen LogP contribution in [-0.4, -0.2) is 57.0 Å². The summed E-state index contributed by atoms with van der Waals surface area (Å²) in [5.41, 5.74) is 2.82. The van der Waals surface area contributed by atoms with Crippen molar-refractivity contribution in [2.24, 2.45) is 5.16 Å². The lowest BCUT2D eigenvalue weighted by atomic mass is 10.0. The van der Waals surface area contributed by atoms with Crippen molar-refractivity contribution >= 4 is 35.4 Å². The summed E-state index contributed by atoms with van der Waals surface area (Å²) in [4.78, 5) is 43.7. The highest BCUT2D eigenvalue weighted by atomic mass is 16.7. The molecule has 0 saturated heterocycles. The highest BCUT2D eigenvalue weighted by molar-refractivity contribution is 6.31. The quantitative estimate of drug-likeness (QED) is 0.154. The van der Waals surface area contributed by atoms with Crippen LogP contribution in [0, 0.1) is 0 Å². The van der Waals surface area contributed by atoms with Crippen LogP contribution in [0.5, 0.6) is 5.75 Å². The zero-order chi connectivity index (χ0) is 27.3. The molecule has 0 bridgehead atoms. The van der Waals surface area contributed by atoms with Crippen molar-refractivity contribution < 1.29 is 33.4 Å². The van der Waals surface area contributed by atoms with Crippen LogP contribution >= 0.6 is 0 Å². The standard InChI is InChI=1S/C29H34N2O7/c1-4-6-16-36-26(32)19-31(20-27(33)37-17-7-5-2)23-12-8-21(9-13-23)18-25-28(30-38-29(25)34)22-10-14-24(35-3)15-11-22/h8-15,18H,4-7,16-17,19-20H2,1-3H3. The maximum Gasteiger partial charge on any atom is 0.368 e. The molecule has 0 fully saturated rings. The van der Waals surface area contributed by atoms with Crippen LogP contribution in [0.2, 0.25) is 0 Å². The van der Waals surface area contributed by atoms with Crippen LogP contribution in [0.4, 0.5) is 5.69 Å². The van der Waals surface area contributed by atoms with E-state index in [1.807, 2.05) is 13.8 Å². The highest BCUT2D eigenvalue weighted by Gasteiger charge is 2.27. The normalized spacial score (nSPS) is 13.6. The van der Waals surface area contributed by atoms with Crippen molar-refractivity contribution in [3.63, 3.8) is 0 Å². The molecule has 9 heteroatoms. The Kier molecular flexibility index (Phi) is 10.9. The Bertz CT molecular complexity index is 1130. The molecule has 0 spiro atoms. The number of hydrogen-bond acceptors (Lipinski definition) is 9. The molecule has 0 radical (unpaired) electrons. The number of carbonyl (C=O) groups excluding carboxylic acids is 3. The van der Waals surface area contributed by atoms with E-state index in [0.29, 0.717) is 41.5 Å². The number of esters is 2. The van der Waals surface area contributed by atoms with Crippen LogP contribution in [-0.2, 0) is 28.7 Å². The summed E-state index contributed by atoms with van der Waals surface area (Å²) in [5, 5.41) is 3.94. The van der Waals surface area contributed by atoms with E-state index in [-0.39, 0.29) is 13.1 Å². The Balaban J connectivity index is 1.77. The number of benzene rings is 2. The van der Waals surface area contributed by atoms with Crippen molar-refractivity contribution in [1.29, 1.82) is 0 Å². The van der Waals surface area contributed by atoms with Gasteiger partial charge in [0.25, 0.3) is 0 Å². The van der Waals surface area contributed by atoms with Gasteiger partial charge in [-0.1, -0.05) is 44.0 Å². The molecule has 0 aromatic heterocycles. The van der Waals surface area contributed by atoms with Gasteiger partial charge >= 0.3 is 17.9 Å². The lowest BCUT2D eigenvalue weighted by molar-refractivity contribution is -0.143. The zero-order valence-corrected chi connectivity index (χ0v) is 22.1. The predicted molar refractivity (Wildman–Crippen MR) is 144 cm³/mol. The SMILES string of the molecule is CCCCOC(=O)CN(CC(=O)OCCCC)c1ccc(C=C2C(=O)ON=C2c2ccc(OC)cc2)cc1. The second-order valence-corrected chi connectivity index (χ2v) is 8.70. The molecule has 3 rings (SSSR count). The number of methoxy groups -OCH3 is 1. The van der Waals surface area contributed by atoms with Crippen molar-refractivity contribution in [2.45, 2.75) is 39.5 Å². The largest absolute Gasteiger partial charge is 0.497 e. The molecule has 9 nitrogen and oxygen atoms in total. The van der Waals surface area contributed by atoms with Gasteiger partial charge in [0, 0.05) is 11.3 Å². The van der Waals surface area contributed by atoms with Gasteiger partial charge in [0.05, 0.1) is 25.9 Å². The van der Waals surface area contributed by atoms with Gasteiger partial charge in [-0.15, -0.1) is 0 Å². The monoisotopic (exact) mass is 522 g/mol. The average molecular weight is 523 g/mol. The minimum absolute atomic E-state index is 0.0897. The minimum atomic E-state index is -0.550. The molecule has 2 aromatic carbocycles. The molecule has 0 unspecified atom stereocenters. The third-order valence-corrected chi connectivity index (χ3v) is 5.79. The molecular formula is C29H34N2O7. The van der Waals surface area contributed by atoms with Gasteiger partial charge < -0.3 is 23.9 Å². The third-order valence-electron chi connectivity index (χ3n) is 5.79. The fourth-order valence-corrected chi connectivity index (χ4v) is 3.62. The fraction of sp³-hybridized carbons (Fsp3) is 0.379. The number of rotatable bonds is 14. The van der Waals surface area contributed by atoms with Crippen molar-refractivity contribution in [3.8, 4) is 5.75 Å². The van der Waals surface area contributed by atoms with Crippen molar-refractivity contribution in [1.82, 2.24) is 0 Å². The molecule has 1 aliphatic rings. The first kappa shape index (κ1) is 28.4. The molecule has 1 heterocycles. The Morgan fingerprint density at radius 1 is 0.895 bits per heavy atom. The topological polar surface area (TPSA) is 104 Å². The lowest BCUT2D eigenvalue weighted by Crippen LogP contribution is -2.36. The van der Waals surface area contributed by atoms with Crippen LogP contribution in [0.15, 0.2) is 59.3 Å². The fourth-order valence-electron chi connectivity index (χ4n) is 3.62. The van der Waals surface area contributed by atoms with Gasteiger partial charge in [0.15, 0.2) is 0 Å². The van der Waals surface area contributed by atoms with E-state index in [2.05, 4.69) is 5.16 Å². The third kappa shape index (κ3) is 8.19. The summed E-state index contributed by atoms with van der Waals surface area (Å²) in [6.07, 6.45) is 5.06. The average Bonchev–Trinajstić information content (AvgIpc) is 3.28. The molecule has 0 N–H and O–H groups in total. The summed E-state index contributed by atoms with van der Waals surface area (Å²) in [5.74, 6) is -0.694. The number of hydrogen-bond donors (Lipinski definition) is 0. The van der Waals surface area contributed by atoms with Gasteiger partial charge in [0.1, 0.15) is 24.6 Å². The van der Waals surface area contributed by atoms with E-state index in [1.165, 1.54) is 0 Å². The zero-order valence-electron chi connectivity index (χ0n) is 22.1. The number of carbonyl (C=O) groups is 3. The molecule has 202 valence electrons. The summed E-state index contributed by atoms with van der Waals surface area (Å²) in [6, 6.07) is 14.3. The molecular weight excluding hydrogens is 488 g/mol. The number of oxime groups is 1. The van der Waals surface area contributed by atoms with Gasteiger partial charge in [0.2, 0.25) is 0 Å². The van der Waals surface area contributed by atoms with Crippen molar-refractivity contribution in [2.75, 3.05) is 38.3 Å². The summed E-state index contributed by atoms with van der Waals surface area (Å²) < 4.78 is 15.8. The first-order valence-electron chi connectivity index (χ1n) is 12.8. The number of unbranched alkanes of at least 4 members (excludes halogenated alkanes) is 2. The number of ether oxygens (including phenoxy) is 3. The Hall–Kier alpha value is -4.14. The first-order chi connectivity index (χ1) is 18.4. The second kappa shape index (κ2) is 14.6. The van der Waals surface area contributed by atoms with E-state index in [1.54, 1.807) is 66.6 Å². The van der Waals surface area contributed by atoms with Gasteiger partial charge in [-0.25, -0.2) is 4.79 Å². The number of anilines is 1. The molecule has 0 atom stereocenters. The molecule has 0 aliphatic carbocycles. The van der Waals surface area contributed by atoms with Crippen LogP contribution in [0.1, 0.15) is 50.7 Å². The van der Waals surface area contributed by atoms with Crippen LogP contribution in [0.3, 0.4) is 0 Å².